The monoisotopic (exact) mass is 704 g/mol. The van der Waals surface area contributed by atoms with Crippen molar-refractivity contribution in [1.29, 1.82) is 0 Å². The van der Waals surface area contributed by atoms with Gasteiger partial charge in [0.05, 0.1) is 12.1 Å². The summed E-state index contributed by atoms with van der Waals surface area (Å²) in [5, 5.41) is 18.6. The van der Waals surface area contributed by atoms with Gasteiger partial charge >= 0.3 is 6.03 Å². The quantitative estimate of drug-likeness (QED) is 0.0604. The molecule has 258 valence electrons. The highest BCUT2D eigenvalue weighted by molar-refractivity contribution is 8.76. The molecule has 2 fully saturated rings. The molecular weight excluding hydrogens is 653 g/mol. The molecule has 4 N–H and O–H groups in total. The number of urea groups is 1. The topological polar surface area (TPSA) is 82.3 Å². The Hall–Kier alpha value is -3.01. The number of thioether (sulfide) groups is 1. The Morgan fingerprint density at radius 1 is 0.938 bits per heavy atom. The van der Waals surface area contributed by atoms with E-state index in [4.69, 9.17) is 0 Å². The maximum Gasteiger partial charge on any atom is 0.315 e. The second-order valence-corrected chi connectivity index (χ2v) is 15.6. The van der Waals surface area contributed by atoms with E-state index in [0.717, 1.165) is 73.2 Å². The van der Waals surface area contributed by atoms with Gasteiger partial charge in [0.15, 0.2) is 0 Å². The van der Waals surface area contributed by atoms with Crippen LogP contribution in [0.2, 0.25) is 0 Å². The molecule has 48 heavy (non-hydrogen) atoms. The molecule has 0 bridgehead atoms. The number of hydrogen-bond acceptors (Lipinski definition) is 6. The van der Waals surface area contributed by atoms with Crippen LogP contribution in [-0.4, -0.2) is 54.4 Å². The van der Waals surface area contributed by atoms with Crippen molar-refractivity contribution in [3.05, 3.63) is 82.6 Å². The van der Waals surface area contributed by atoms with Gasteiger partial charge < -0.3 is 21.3 Å². The number of carbonyl (C=O) groups is 2. The summed E-state index contributed by atoms with van der Waals surface area (Å²) in [6.07, 6.45) is 11.0. The van der Waals surface area contributed by atoms with Crippen molar-refractivity contribution >= 4 is 79.0 Å². The molecule has 0 aromatic heterocycles. The molecule has 9 heteroatoms. The lowest BCUT2D eigenvalue weighted by molar-refractivity contribution is -0.120. The van der Waals surface area contributed by atoms with Crippen molar-refractivity contribution in [2.75, 3.05) is 30.3 Å². The van der Waals surface area contributed by atoms with Crippen LogP contribution in [-0.2, 0) is 4.79 Å². The Morgan fingerprint density at radius 3 is 2.50 bits per heavy atom. The average molecular weight is 705 g/mol. The van der Waals surface area contributed by atoms with E-state index in [0.29, 0.717) is 13.0 Å². The van der Waals surface area contributed by atoms with Crippen LogP contribution in [0.1, 0.15) is 71.3 Å². The molecule has 2 aliphatic rings. The number of amides is 3. The van der Waals surface area contributed by atoms with Gasteiger partial charge in [0.2, 0.25) is 5.91 Å². The smallest absolute Gasteiger partial charge is 0.315 e. The number of nitrogens with one attached hydrogen (secondary N) is 4. The highest BCUT2D eigenvalue weighted by Crippen LogP contribution is 2.34. The molecule has 2 unspecified atom stereocenters. The molecule has 3 amide bonds. The van der Waals surface area contributed by atoms with E-state index in [1.165, 1.54) is 37.6 Å². The first-order chi connectivity index (χ1) is 23.4. The second kappa shape index (κ2) is 19.9. The van der Waals surface area contributed by atoms with E-state index in [1.54, 1.807) is 21.6 Å². The van der Waals surface area contributed by atoms with E-state index in [9.17, 15) is 9.59 Å². The summed E-state index contributed by atoms with van der Waals surface area (Å²) in [4.78, 5) is 25.1. The zero-order valence-corrected chi connectivity index (χ0v) is 31.2. The van der Waals surface area contributed by atoms with Crippen LogP contribution in [0.5, 0.6) is 0 Å². The lowest BCUT2D eigenvalue weighted by Crippen LogP contribution is -2.30. The normalized spacial score (nSPS) is 17.9. The summed E-state index contributed by atoms with van der Waals surface area (Å²) in [7, 11) is 3.56. The number of hydrogen-bond donors (Lipinski definition) is 4. The summed E-state index contributed by atoms with van der Waals surface area (Å²) < 4.78 is 0. The van der Waals surface area contributed by atoms with Crippen LogP contribution < -0.4 is 26.5 Å². The van der Waals surface area contributed by atoms with Crippen molar-refractivity contribution in [2.45, 2.75) is 77.8 Å². The largest absolute Gasteiger partial charge is 0.388 e. The minimum absolute atomic E-state index is 0.0513. The first-order valence-corrected chi connectivity index (χ1v) is 20.8. The van der Waals surface area contributed by atoms with E-state index < -0.39 is 0 Å². The number of unbranched alkanes of at least 4 members (excludes halogenated alkanes) is 2. The first-order valence-electron chi connectivity index (χ1n) is 17.4. The Kier molecular flexibility index (Phi) is 15.6. The molecule has 2 saturated heterocycles. The molecule has 2 aliphatic heterocycles. The summed E-state index contributed by atoms with van der Waals surface area (Å²) in [6, 6.07) is 15.6. The van der Waals surface area contributed by atoms with Crippen molar-refractivity contribution in [2.24, 2.45) is 0 Å². The van der Waals surface area contributed by atoms with Gasteiger partial charge in [-0.25, -0.2) is 4.79 Å². The number of rotatable bonds is 18. The summed E-state index contributed by atoms with van der Waals surface area (Å²) in [5.41, 5.74) is 3.69. The van der Waals surface area contributed by atoms with Crippen LogP contribution in [0, 0.1) is 0 Å². The lowest BCUT2D eigenvalue weighted by Gasteiger charge is -2.14. The van der Waals surface area contributed by atoms with Gasteiger partial charge in [0, 0.05) is 47.4 Å². The molecule has 0 spiro atoms. The summed E-state index contributed by atoms with van der Waals surface area (Å²) in [5.74, 6) is 2.87. The van der Waals surface area contributed by atoms with E-state index in [1.807, 2.05) is 25.6 Å². The molecule has 0 radical (unpaired) electrons. The van der Waals surface area contributed by atoms with Gasteiger partial charge in [-0.3, -0.25) is 4.79 Å². The van der Waals surface area contributed by atoms with Gasteiger partial charge in [-0.15, -0.1) is 11.8 Å². The van der Waals surface area contributed by atoms with Crippen LogP contribution in [0.15, 0.2) is 71.8 Å². The van der Waals surface area contributed by atoms with Crippen LogP contribution in [0.3, 0.4) is 0 Å². The molecule has 0 saturated carbocycles. The Labute approximate surface area is 299 Å². The fourth-order valence-corrected chi connectivity index (χ4v) is 9.37. The van der Waals surface area contributed by atoms with Gasteiger partial charge in [-0.2, -0.15) is 0 Å². The van der Waals surface area contributed by atoms with Crippen molar-refractivity contribution in [3.8, 4) is 0 Å². The SMILES string of the molecule is C=C(CCC/C=C1/SCC2NC(=O)NC12)NCCSSCCC(=O)NCCCC/C(=C/C)c1ccc2cccc3ccc(=C)c1c23.CC. The van der Waals surface area contributed by atoms with Gasteiger partial charge in [-0.1, -0.05) is 103 Å². The van der Waals surface area contributed by atoms with Gasteiger partial charge in [-0.05, 0) is 83.3 Å². The third-order valence-corrected chi connectivity index (χ3v) is 12.3. The third kappa shape index (κ3) is 10.5. The van der Waals surface area contributed by atoms with Crippen LogP contribution in [0.4, 0.5) is 4.79 Å². The minimum Gasteiger partial charge on any atom is -0.388 e. The fraction of sp³-hybridized carbons (Fsp3) is 0.436. The number of fused-ring (bicyclic) bond motifs is 1. The molecule has 2 atom stereocenters. The van der Waals surface area contributed by atoms with E-state index in [-0.39, 0.29) is 24.0 Å². The maximum absolute atomic E-state index is 12.3. The second-order valence-electron chi connectivity index (χ2n) is 11.8. The molecule has 3 aromatic rings. The van der Waals surface area contributed by atoms with E-state index >= 15 is 0 Å². The Morgan fingerprint density at radius 2 is 1.71 bits per heavy atom. The zero-order valence-electron chi connectivity index (χ0n) is 28.8. The number of benzene rings is 3. The first kappa shape index (κ1) is 37.8. The van der Waals surface area contributed by atoms with E-state index in [2.05, 4.69) is 96.0 Å². The highest BCUT2D eigenvalue weighted by atomic mass is 33.1. The molecule has 3 aromatic carbocycles. The van der Waals surface area contributed by atoms with Gasteiger partial charge in [0.25, 0.3) is 0 Å². The minimum atomic E-state index is -0.0513. The fourth-order valence-electron chi connectivity index (χ4n) is 6.19. The van der Waals surface area contributed by atoms with Gasteiger partial charge in [0.1, 0.15) is 0 Å². The van der Waals surface area contributed by atoms with Crippen LogP contribution in [0.25, 0.3) is 33.7 Å². The molecule has 2 heterocycles. The highest BCUT2D eigenvalue weighted by Gasteiger charge is 2.39. The predicted molar refractivity (Wildman–Crippen MR) is 214 cm³/mol. The standard InChI is InChI=1S/C37H46N4O2S3.C2H6/c1-4-27(30-18-17-29-13-9-12-28-16-15-25(2)34(30)35(28)29)11-7-8-20-39-33(42)19-22-45-46-23-21-38-26(3)10-5-6-14-32-36-31(24-44-32)40-37(43)41-36;1-2/h4,9,12-18,31,36,38H,2-3,5-8,10-11,19-24H2,1H3,(H,39,42)(H2,40,41,43);1-2H3/b27-4-,32-14+;. The average Bonchev–Trinajstić information content (AvgIpc) is 3.66. The summed E-state index contributed by atoms with van der Waals surface area (Å²) >= 11 is 1.84. The lowest BCUT2D eigenvalue weighted by atomic mass is 9.90. The predicted octanol–water partition coefficient (Wildman–Crippen LogP) is 8.56. The maximum atomic E-state index is 12.3. The van der Waals surface area contributed by atoms with Crippen molar-refractivity contribution in [3.63, 3.8) is 0 Å². The zero-order chi connectivity index (χ0) is 34.3. The van der Waals surface area contributed by atoms with Crippen molar-refractivity contribution < 1.29 is 9.59 Å². The summed E-state index contributed by atoms with van der Waals surface area (Å²) in [6.45, 7) is 16.2. The number of allylic oxidation sites excluding steroid dienone is 4. The van der Waals surface area contributed by atoms with Crippen LogP contribution >= 0.6 is 33.3 Å². The molecule has 6 nitrogen and oxygen atoms in total. The molecule has 5 rings (SSSR count). The Balaban J connectivity index is 0.00000255. The van der Waals surface area contributed by atoms with Crippen molar-refractivity contribution in [1.82, 2.24) is 21.3 Å². The molecule has 0 aliphatic carbocycles. The Bertz CT molecular complexity index is 1640. The number of carbonyl (C=O) groups excluding carboxylic acids is 2. The molecular formula is C39H52N4O2S3. The third-order valence-electron chi connectivity index (χ3n) is 8.58.